The molecule has 0 spiro atoms. The largest absolute Gasteiger partial charge is 0.459 e. The van der Waals surface area contributed by atoms with E-state index in [1.54, 1.807) is 27.7 Å². The fourth-order valence-electron chi connectivity index (χ4n) is 13.5. The van der Waals surface area contributed by atoms with Gasteiger partial charge in [-0.3, -0.25) is 24.0 Å². The van der Waals surface area contributed by atoms with E-state index >= 15 is 0 Å². The quantitative estimate of drug-likeness (QED) is 0.132. The molecule has 10 fully saturated rings. The van der Waals surface area contributed by atoms with Gasteiger partial charge in [-0.2, -0.15) is 0 Å². The molecule has 8 saturated carbocycles. The summed E-state index contributed by atoms with van der Waals surface area (Å²) in [5, 5.41) is 22.8. The van der Waals surface area contributed by atoms with E-state index < -0.39 is 86.9 Å². The molecule has 8 bridgehead atoms. The zero-order valence-electron chi connectivity index (χ0n) is 34.6. The molecule has 2 aliphatic heterocycles. The topological polar surface area (TPSA) is 181 Å². The van der Waals surface area contributed by atoms with Gasteiger partial charge in [0.2, 0.25) is 6.29 Å². The van der Waals surface area contributed by atoms with E-state index in [0.29, 0.717) is 58.0 Å². The third-order valence-corrected chi connectivity index (χ3v) is 15.6. The highest BCUT2D eigenvalue weighted by Gasteiger charge is 2.66. The van der Waals surface area contributed by atoms with E-state index in [-0.39, 0.29) is 107 Å². The number of cyclic esters (lactones) is 1. The number of aliphatic hydroxyl groups is 2. The molecule has 366 valence electrons. The van der Waals surface area contributed by atoms with Gasteiger partial charge in [-0.05, 0) is 122 Å². The minimum absolute atomic E-state index is 0. The Kier molecular flexibility index (Phi) is 17.5. The van der Waals surface area contributed by atoms with Crippen LogP contribution in [0.2, 0.25) is 0 Å². The monoisotopic (exact) mass is 897 g/mol. The lowest BCUT2D eigenvalue weighted by Crippen LogP contribution is -2.67. The van der Waals surface area contributed by atoms with Crippen LogP contribution in [0.15, 0.2) is 0 Å². The highest BCUT2D eigenvalue weighted by Crippen LogP contribution is 2.64. The average molecular weight is 897 g/mol. The van der Waals surface area contributed by atoms with Gasteiger partial charge in [0.05, 0.1) is 47.4 Å². The van der Waals surface area contributed by atoms with Gasteiger partial charge >= 0.3 is 29.8 Å². The van der Waals surface area contributed by atoms with Crippen LogP contribution in [0.4, 0.5) is 0 Å². The zero-order valence-corrected chi connectivity index (χ0v) is 34.6. The van der Waals surface area contributed by atoms with Gasteiger partial charge in [0, 0.05) is 32.1 Å². The van der Waals surface area contributed by atoms with Crippen LogP contribution in [0.3, 0.4) is 0 Å². The van der Waals surface area contributed by atoms with E-state index in [1.807, 2.05) is 6.92 Å². The summed E-state index contributed by atoms with van der Waals surface area (Å²) in [4.78, 5) is 68.7. The number of esters is 5. The van der Waals surface area contributed by atoms with Gasteiger partial charge < -0.3 is 38.6 Å². The van der Waals surface area contributed by atoms with E-state index in [2.05, 4.69) is 0 Å². The lowest BCUT2D eigenvalue weighted by Gasteiger charge is -2.62. The molecule has 10 rings (SSSR count). The first-order valence-corrected chi connectivity index (χ1v) is 21.8. The maximum atomic E-state index is 14.5. The van der Waals surface area contributed by atoms with Crippen molar-refractivity contribution in [1.82, 2.24) is 0 Å². The molecule has 2 heterocycles. The van der Waals surface area contributed by atoms with Gasteiger partial charge in [0.1, 0.15) is 16.8 Å². The van der Waals surface area contributed by atoms with Crippen molar-refractivity contribution < 1.29 is 62.6 Å². The van der Waals surface area contributed by atoms with Crippen molar-refractivity contribution in [3.8, 4) is 0 Å². The average Bonchev–Trinajstić information content (AvgIpc) is 3.28. The molecule has 9 atom stereocenters. The second-order valence-corrected chi connectivity index (χ2v) is 21.1. The van der Waals surface area contributed by atoms with Crippen LogP contribution in [0.5, 0.6) is 0 Å². The minimum atomic E-state index is -1.21. The Labute approximate surface area is 380 Å². The van der Waals surface area contributed by atoms with Crippen molar-refractivity contribution >= 4 is 29.8 Å². The van der Waals surface area contributed by atoms with Crippen molar-refractivity contribution in [3.05, 3.63) is 0 Å². The van der Waals surface area contributed by atoms with E-state index in [1.165, 1.54) is 0 Å². The summed E-state index contributed by atoms with van der Waals surface area (Å²) in [6, 6.07) is 0. The first-order valence-electron chi connectivity index (χ1n) is 21.8. The summed E-state index contributed by atoms with van der Waals surface area (Å²) < 4.78 is 36.1. The summed E-state index contributed by atoms with van der Waals surface area (Å²) in [6.45, 7) is 9.17. The molecule has 9 unspecified atom stereocenters. The summed E-state index contributed by atoms with van der Waals surface area (Å²) in [5.74, 6) is -4.26. The molecule has 13 heteroatoms. The molecular formula is C50H88O13. The van der Waals surface area contributed by atoms with Crippen LogP contribution in [0.1, 0.15) is 201 Å². The Balaban J connectivity index is 0.00000228. The van der Waals surface area contributed by atoms with Crippen molar-refractivity contribution in [2.45, 2.75) is 241 Å². The summed E-state index contributed by atoms with van der Waals surface area (Å²) in [6.07, 6.45) is 8.97. The van der Waals surface area contributed by atoms with Gasteiger partial charge in [0.15, 0.2) is 5.60 Å². The molecule has 0 aromatic carbocycles. The Morgan fingerprint density at radius 1 is 0.698 bits per heavy atom. The zero-order chi connectivity index (χ0) is 40.8. The molecule has 13 nitrogen and oxygen atoms in total. The predicted octanol–water partition coefficient (Wildman–Crippen LogP) is 9.58. The molecule has 8 aliphatic carbocycles. The highest BCUT2D eigenvalue weighted by atomic mass is 16.7. The molecule has 0 aromatic heterocycles. The fraction of sp³-hybridized carbons (Fsp3) is 0.900. The summed E-state index contributed by atoms with van der Waals surface area (Å²) in [7, 11) is 0. The maximum Gasteiger partial charge on any atom is 0.314 e. The van der Waals surface area contributed by atoms with Crippen molar-refractivity contribution in [2.24, 2.45) is 40.9 Å². The van der Waals surface area contributed by atoms with Gasteiger partial charge in [-0.25, -0.2) is 0 Å². The smallest absolute Gasteiger partial charge is 0.314 e. The number of rotatable bonds is 13. The SMILES string of the molecule is C.C.C.C.C.C.CCC(CC(CC(C)C(=O)OC1(C)CC(=O)OC1(C)C)C(=O)OC12CC3CC(O)(CC(O)(C3)C1)C2)C(=O)OC12CC3CC(C1)CC(C(=O)OC1CCCCO1)(C3)C2. The van der Waals surface area contributed by atoms with Crippen molar-refractivity contribution in [3.63, 3.8) is 0 Å². The maximum absolute atomic E-state index is 14.5. The normalized spacial score (nSPS) is 39.6. The third-order valence-electron chi connectivity index (χ3n) is 15.6. The number of hydrogen-bond donors (Lipinski definition) is 2. The number of carbonyl (C=O) groups excluding carboxylic acids is 5. The van der Waals surface area contributed by atoms with E-state index in [0.717, 1.165) is 32.1 Å². The Hall–Kier alpha value is -2.77. The van der Waals surface area contributed by atoms with Crippen LogP contribution in [0, 0.1) is 40.9 Å². The van der Waals surface area contributed by atoms with Crippen LogP contribution in [-0.2, 0) is 52.4 Å². The summed E-state index contributed by atoms with van der Waals surface area (Å²) >= 11 is 0. The molecule has 2 N–H and O–H groups in total. The standard InChI is InChI=1S/C44H64O13.6CH4/c1-6-30(35(47)56-43-18-27-12-28(19-43)15-40(14-27,22-43)37(49)53-33-9-7-8-10-52-33)13-31(11-26(2)34(46)55-39(5)21-32(45)54-38(39,3)4)36(48)57-44-20-29-16-41(50,24-44)23-42(51,17-29)25-44;;;;;;/h26-31,33,50-51H,6-25H2,1-5H3;6*1H4. The van der Waals surface area contributed by atoms with Crippen molar-refractivity contribution in [2.75, 3.05) is 6.61 Å². The lowest BCUT2D eigenvalue weighted by atomic mass is 9.48. The first kappa shape index (κ1) is 56.4. The molecule has 0 aromatic rings. The van der Waals surface area contributed by atoms with Crippen LogP contribution < -0.4 is 0 Å². The summed E-state index contributed by atoms with van der Waals surface area (Å²) in [5.41, 5.74) is -7.08. The molecule has 2 saturated heterocycles. The number of ether oxygens (including phenoxy) is 6. The molecule has 0 radical (unpaired) electrons. The Bertz CT molecular complexity index is 1620. The van der Waals surface area contributed by atoms with Gasteiger partial charge in [0.25, 0.3) is 0 Å². The third kappa shape index (κ3) is 10.8. The van der Waals surface area contributed by atoms with Gasteiger partial charge in [-0.15, -0.1) is 0 Å². The second-order valence-electron chi connectivity index (χ2n) is 21.1. The molecule has 63 heavy (non-hydrogen) atoms. The number of hydrogen-bond acceptors (Lipinski definition) is 13. The first-order chi connectivity index (χ1) is 26.7. The molecule has 0 amide bonds. The molecular weight excluding hydrogens is 809 g/mol. The minimum Gasteiger partial charge on any atom is -0.459 e. The van der Waals surface area contributed by atoms with Gasteiger partial charge in [-0.1, -0.05) is 58.4 Å². The number of carbonyl (C=O) groups is 5. The Morgan fingerprint density at radius 2 is 1.27 bits per heavy atom. The molecule has 10 aliphatic rings. The second kappa shape index (κ2) is 19.6. The van der Waals surface area contributed by atoms with Crippen LogP contribution in [0.25, 0.3) is 0 Å². The van der Waals surface area contributed by atoms with Crippen LogP contribution >= 0.6 is 0 Å². The van der Waals surface area contributed by atoms with Crippen molar-refractivity contribution in [1.29, 1.82) is 0 Å². The predicted molar refractivity (Wildman–Crippen MR) is 241 cm³/mol. The van der Waals surface area contributed by atoms with Crippen LogP contribution in [-0.4, -0.2) is 86.6 Å². The highest BCUT2D eigenvalue weighted by molar-refractivity contribution is 5.80. The van der Waals surface area contributed by atoms with E-state index in [4.69, 9.17) is 28.4 Å². The fourth-order valence-corrected chi connectivity index (χ4v) is 13.5. The Morgan fingerprint density at radius 3 is 1.79 bits per heavy atom. The lowest BCUT2D eigenvalue weighted by molar-refractivity contribution is -0.263. The van der Waals surface area contributed by atoms with E-state index in [9.17, 15) is 34.2 Å².